The molecule has 4 aromatic rings. The number of fused-ring (bicyclic) bond motifs is 1. The van der Waals surface area contributed by atoms with Crippen LogP contribution in [0.1, 0.15) is 17.1 Å². The first kappa shape index (κ1) is 18.6. The molecular formula is C22H20N2O2S. The Morgan fingerprint density at radius 3 is 2.56 bits per heavy atom. The van der Waals surface area contributed by atoms with Crippen molar-refractivity contribution in [2.75, 3.05) is 12.4 Å². The maximum absolute atomic E-state index is 11.7. The van der Waals surface area contributed by atoms with Gasteiger partial charge in [0.25, 0.3) is 0 Å². The summed E-state index contributed by atoms with van der Waals surface area (Å²) >= 11 is 1.38. The van der Waals surface area contributed by atoms with Gasteiger partial charge in [-0.15, -0.1) is 11.3 Å². The SMILES string of the molecule is C.COC(=O)c1cc2cc(Nc3cccc(-c4ccccc4)c3)ncc2s1. The van der Waals surface area contributed by atoms with Gasteiger partial charge in [0.2, 0.25) is 0 Å². The molecule has 4 rings (SSSR count). The quantitative estimate of drug-likeness (QED) is 0.435. The molecule has 0 aliphatic rings. The van der Waals surface area contributed by atoms with E-state index in [-0.39, 0.29) is 13.4 Å². The van der Waals surface area contributed by atoms with Gasteiger partial charge >= 0.3 is 5.97 Å². The van der Waals surface area contributed by atoms with E-state index in [9.17, 15) is 4.79 Å². The van der Waals surface area contributed by atoms with Crippen molar-refractivity contribution in [2.45, 2.75) is 7.43 Å². The second-order valence-corrected chi connectivity index (χ2v) is 6.87. The fourth-order valence-electron chi connectivity index (χ4n) is 2.77. The van der Waals surface area contributed by atoms with Crippen LogP contribution in [0.4, 0.5) is 11.5 Å². The van der Waals surface area contributed by atoms with E-state index in [1.807, 2.05) is 42.5 Å². The molecule has 2 heterocycles. The number of nitrogens with one attached hydrogen (secondary N) is 1. The molecule has 0 aliphatic carbocycles. The average Bonchev–Trinajstić information content (AvgIpc) is 3.12. The van der Waals surface area contributed by atoms with Gasteiger partial charge in [-0.1, -0.05) is 49.9 Å². The number of ether oxygens (including phenoxy) is 1. The highest BCUT2D eigenvalue weighted by atomic mass is 32.1. The average molecular weight is 376 g/mol. The highest BCUT2D eigenvalue weighted by Crippen LogP contribution is 2.29. The lowest BCUT2D eigenvalue weighted by Gasteiger charge is -2.08. The van der Waals surface area contributed by atoms with Gasteiger partial charge in [-0.05, 0) is 40.8 Å². The Morgan fingerprint density at radius 2 is 1.78 bits per heavy atom. The molecule has 0 spiro atoms. The molecule has 0 unspecified atom stereocenters. The van der Waals surface area contributed by atoms with E-state index < -0.39 is 0 Å². The molecule has 5 heteroatoms. The van der Waals surface area contributed by atoms with Gasteiger partial charge in [0.1, 0.15) is 10.7 Å². The molecule has 0 saturated carbocycles. The molecule has 27 heavy (non-hydrogen) atoms. The van der Waals surface area contributed by atoms with Crippen molar-refractivity contribution in [1.29, 1.82) is 0 Å². The summed E-state index contributed by atoms with van der Waals surface area (Å²) in [5, 5.41) is 4.30. The maximum atomic E-state index is 11.7. The number of methoxy groups -OCH3 is 1. The van der Waals surface area contributed by atoms with Crippen molar-refractivity contribution in [2.24, 2.45) is 0 Å². The third kappa shape index (κ3) is 3.99. The van der Waals surface area contributed by atoms with E-state index in [1.165, 1.54) is 24.0 Å². The monoisotopic (exact) mass is 376 g/mol. The first-order valence-electron chi connectivity index (χ1n) is 8.13. The van der Waals surface area contributed by atoms with Crippen LogP contribution >= 0.6 is 11.3 Å². The molecule has 0 bridgehead atoms. The number of anilines is 2. The van der Waals surface area contributed by atoms with Crippen molar-refractivity contribution in [3.63, 3.8) is 0 Å². The number of benzene rings is 2. The van der Waals surface area contributed by atoms with Crippen LogP contribution in [0.15, 0.2) is 72.9 Å². The molecule has 0 aliphatic heterocycles. The van der Waals surface area contributed by atoms with E-state index in [4.69, 9.17) is 4.74 Å². The first-order valence-corrected chi connectivity index (χ1v) is 8.95. The highest BCUT2D eigenvalue weighted by Gasteiger charge is 2.11. The summed E-state index contributed by atoms with van der Waals surface area (Å²) in [5.74, 6) is 0.410. The Balaban J connectivity index is 0.00000210. The number of pyridine rings is 1. The Bertz CT molecular complexity index is 1070. The predicted molar refractivity (Wildman–Crippen MR) is 113 cm³/mol. The number of hydrogen-bond acceptors (Lipinski definition) is 5. The third-order valence-corrected chi connectivity index (χ3v) is 5.10. The minimum atomic E-state index is -0.323. The Kier molecular flexibility index (Phi) is 5.52. The molecule has 2 aromatic carbocycles. The van der Waals surface area contributed by atoms with Crippen molar-refractivity contribution in [1.82, 2.24) is 4.98 Å². The van der Waals surface area contributed by atoms with Crippen LogP contribution in [0.2, 0.25) is 0 Å². The third-order valence-electron chi connectivity index (χ3n) is 4.03. The van der Waals surface area contributed by atoms with Crippen LogP contribution in [0, 0.1) is 0 Å². The number of rotatable bonds is 4. The van der Waals surface area contributed by atoms with Gasteiger partial charge in [0, 0.05) is 11.9 Å². The van der Waals surface area contributed by atoms with Gasteiger partial charge in [-0.2, -0.15) is 0 Å². The van der Waals surface area contributed by atoms with Gasteiger partial charge in [0.05, 0.1) is 11.8 Å². The maximum Gasteiger partial charge on any atom is 0.348 e. The summed E-state index contributed by atoms with van der Waals surface area (Å²) in [6, 6.07) is 22.2. The van der Waals surface area contributed by atoms with Crippen molar-refractivity contribution >= 4 is 38.9 Å². The van der Waals surface area contributed by atoms with E-state index in [2.05, 4.69) is 34.6 Å². The lowest BCUT2D eigenvalue weighted by molar-refractivity contribution is 0.0606. The predicted octanol–water partition coefficient (Wildman–Crippen LogP) is 6.13. The molecule has 0 radical (unpaired) electrons. The number of aromatic nitrogens is 1. The Labute approximate surface area is 162 Å². The molecular weight excluding hydrogens is 356 g/mol. The molecule has 1 N–H and O–H groups in total. The second kappa shape index (κ2) is 8.01. The van der Waals surface area contributed by atoms with Crippen molar-refractivity contribution in [3.8, 4) is 11.1 Å². The summed E-state index contributed by atoms with van der Waals surface area (Å²) < 4.78 is 5.74. The largest absolute Gasteiger partial charge is 0.465 e. The van der Waals surface area contributed by atoms with E-state index in [1.54, 1.807) is 6.20 Å². The second-order valence-electron chi connectivity index (χ2n) is 5.78. The standard InChI is InChI=1S/C21H16N2O2S.CH4/c1-25-21(24)18-11-16-12-20(22-13-19(16)26-18)23-17-9-5-8-15(10-17)14-6-3-2-4-7-14;/h2-13H,1H3,(H,22,23);1H4. The Hall–Kier alpha value is -3.18. The minimum Gasteiger partial charge on any atom is -0.465 e. The summed E-state index contributed by atoms with van der Waals surface area (Å²) in [4.78, 5) is 16.7. The van der Waals surface area contributed by atoms with Crippen molar-refractivity contribution in [3.05, 3.63) is 77.8 Å². The number of carbonyl (C=O) groups is 1. The van der Waals surface area contributed by atoms with Crippen LogP contribution in [-0.2, 0) is 4.74 Å². The topological polar surface area (TPSA) is 51.2 Å². The minimum absolute atomic E-state index is 0. The fraction of sp³-hybridized carbons (Fsp3) is 0.0909. The molecule has 0 saturated heterocycles. The zero-order chi connectivity index (χ0) is 17.9. The summed E-state index contributed by atoms with van der Waals surface area (Å²) in [5.41, 5.74) is 3.27. The normalized spacial score (nSPS) is 10.3. The Morgan fingerprint density at radius 1 is 1.00 bits per heavy atom. The molecule has 136 valence electrons. The van der Waals surface area contributed by atoms with E-state index >= 15 is 0 Å². The van der Waals surface area contributed by atoms with Crippen molar-refractivity contribution < 1.29 is 9.53 Å². The van der Waals surface area contributed by atoms with Crippen LogP contribution < -0.4 is 5.32 Å². The van der Waals surface area contributed by atoms with E-state index in [0.717, 1.165) is 27.2 Å². The number of carbonyl (C=O) groups excluding carboxylic acids is 1. The first-order chi connectivity index (χ1) is 12.7. The van der Waals surface area contributed by atoms with Gasteiger partial charge in [-0.3, -0.25) is 0 Å². The molecule has 0 amide bonds. The summed E-state index contributed by atoms with van der Waals surface area (Å²) in [6.07, 6.45) is 1.77. The van der Waals surface area contributed by atoms with Crippen LogP contribution in [0.5, 0.6) is 0 Å². The van der Waals surface area contributed by atoms with Gasteiger partial charge < -0.3 is 10.1 Å². The smallest absolute Gasteiger partial charge is 0.348 e. The lowest BCUT2D eigenvalue weighted by Crippen LogP contribution is -1.96. The highest BCUT2D eigenvalue weighted by molar-refractivity contribution is 7.20. The van der Waals surface area contributed by atoms with Crippen LogP contribution in [0.25, 0.3) is 21.2 Å². The molecule has 2 aromatic heterocycles. The molecule has 4 nitrogen and oxygen atoms in total. The number of nitrogens with zero attached hydrogens (tertiary/aromatic N) is 1. The van der Waals surface area contributed by atoms with Crippen LogP contribution in [-0.4, -0.2) is 18.1 Å². The zero-order valence-electron chi connectivity index (χ0n) is 14.1. The zero-order valence-corrected chi connectivity index (χ0v) is 14.9. The number of esters is 1. The van der Waals surface area contributed by atoms with Gasteiger partial charge in [-0.25, -0.2) is 9.78 Å². The number of hydrogen-bond donors (Lipinski definition) is 1. The lowest BCUT2D eigenvalue weighted by atomic mass is 10.1. The molecule has 0 atom stereocenters. The summed E-state index contributed by atoms with van der Waals surface area (Å²) in [7, 11) is 1.39. The van der Waals surface area contributed by atoms with E-state index in [0.29, 0.717) is 4.88 Å². The molecule has 0 fully saturated rings. The summed E-state index contributed by atoms with van der Waals surface area (Å²) in [6.45, 7) is 0. The van der Waals surface area contributed by atoms with Crippen LogP contribution in [0.3, 0.4) is 0 Å². The van der Waals surface area contributed by atoms with Gasteiger partial charge in [0.15, 0.2) is 0 Å². The number of thiophene rings is 1. The fourth-order valence-corrected chi connectivity index (χ4v) is 3.70.